The van der Waals surface area contributed by atoms with Crippen molar-refractivity contribution in [3.63, 3.8) is 0 Å². The topological polar surface area (TPSA) is 51.7 Å². The maximum absolute atomic E-state index is 15.4. The molecular formula is C60H33NO3. The number of benzene rings is 9. The van der Waals surface area contributed by atoms with E-state index in [2.05, 4.69) is 83.3 Å². The van der Waals surface area contributed by atoms with Crippen molar-refractivity contribution in [3.05, 3.63) is 243 Å². The first-order valence-electron chi connectivity index (χ1n) is 23.1. The highest BCUT2D eigenvalue weighted by atomic mass is 16.3. The Kier molecular flexibility index (Phi) is 5.69. The van der Waals surface area contributed by atoms with Crippen LogP contribution in [-0.4, -0.2) is 16.0 Å². The van der Waals surface area contributed by atoms with Crippen LogP contribution in [0.3, 0.4) is 0 Å². The molecule has 0 saturated carbocycles. The lowest BCUT2D eigenvalue weighted by atomic mass is 9.72. The fourth-order valence-electron chi connectivity index (χ4n) is 12.7. The van der Waals surface area contributed by atoms with Crippen molar-refractivity contribution < 1.29 is 16.7 Å². The third-order valence-corrected chi connectivity index (χ3v) is 15.3. The molecule has 4 nitrogen and oxygen atoms in total. The molecule has 0 atom stereocenters. The summed E-state index contributed by atoms with van der Waals surface area (Å²) in [5, 5.41) is 5.32. The molecule has 0 fully saturated rings. The van der Waals surface area contributed by atoms with Crippen molar-refractivity contribution in [3.8, 4) is 11.1 Å². The van der Waals surface area contributed by atoms with Gasteiger partial charge in [-0.2, -0.15) is 0 Å². The van der Waals surface area contributed by atoms with Gasteiger partial charge in [0.15, 0.2) is 11.6 Å². The quantitative estimate of drug-likeness (QED) is 0.166. The van der Waals surface area contributed by atoms with Crippen molar-refractivity contribution in [1.29, 1.82) is 0 Å². The van der Waals surface area contributed by atoms with Crippen LogP contribution in [0.1, 0.15) is 103 Å². The summed E-state index contributed by atoms with van der Waals surface area (Å²) in [5.41, 5.74) is 16.8. The van der Waals surface area contributed by atoms with Gasteiger partial charge in [0, 0.05) is 55.3 Å². The number of carbonyl (C=O) groups is 2. The average Bonchev–Trinajstić information content (AvgIpc) is 3.92. The van der Waals surface area contributed by atoms with Crippen LogP contribution in [0.5, 0.6) is 0 Å². The lowest BCUT2D eigenvalue weighted by molar-refractivity contribution is 0.0966. The number of fused-ring (bicyclic) bond motifs is 9. The summed E-state index contributed by atoms with van der Waals surface area (Å²) in [4.78, 5) is 30.7. The second-order valence-corrected chi connectivity index (χ2v) is 18.3. The standard InChI is InChI=1S/C60H33NO3/c62-59-48-28-50-41(26-44(48)54-33-12-1-5-16-37(33)56(59)38-17-6-2-13-34(38)54)46-24-31(30-21-22-53-43(23-30)32-11-9-10-20-52(32)64-53)25-47-42-27-45-49(29-51(42)61(50)58(46)47)60(63)57-39-18-7-3-14-35(39)55(45)36-15-4-8-19-40(36)57/h1-29,54-57H/i26D,27D. The Bertz CT molecular complexity index is 3980. The van der Waals surface area contributed by atoms with Crippen LogP contribution in [0, 0.1) is 0 Å². The molecule has 3 aromatic heterocycles. The fourth-order valence-corrected chi connectivity index (χ4v) is 12.7. The van der Waals surface area contributed by atoms with E-state index >= 15 is 9.59 Å². The maximum atomic E-state index is 15.4. The summed E-state index contributed by atoms with van der Waals surface area (Å²) in [6, 6.07) is 56.6. The van der Waals surface area contributed by atoms with Crippen LogP contribution in [-0.2, 0) is 0 Å². The van der Waals surface area contributed by atoms with Gasteiger partial charge in [-0.05, 0) is 121 Å². The maximum Gasteiger partial charge on any atom is 0.175 e. The Balaban J connectivity index is 1.07. The summed E-state index contributed by atoms with van der Waals surface area (Å²) >= 11 is 0. The summed E-state index contributed by atoms with van der Waals surface area (Å²) in [5.74, 6) is -1.61. The zero-order valence-electron chi connectivity index (χ0n) is 36.1. The van der Waals surface area contributed by atoms with Gasteiger partial charge in [-0.3, -0.25) is 9.59 Å². The molecule has 6 aliphatic carbocycles. The molecular weight excluding hydrogens is 783 g/mol. The monoisotopic (exact) mass is 817 g/mol. The van der Waals surface area contributed by atoms with E-state index < -0.39 is 11.8 Å². The van der Waals surface area contributed by atoms with Crippen molar-refractivity contribution in [2.45, 2.75) is 23.7 Å². The lowest BCUT2D eigenvalue weighted by Gasteiger charge is -2.30. The number of ketones is 2. The Morgan fingerprint density at radius 1 is 0.375 bits per heavy atom. The van der Waals surface area contributed by atoms with Gasteiger partial charge in [-0.25, -0.2) is 0 Å². The summed E-state index contributed by atoms with van der Waals surface area (Å²) < 4.78 is 29.4. The molecule has 18 rings (SSSR count). The van der Waals surface area contributed by atoms with Gasteiger partial charge in [-0.1, -0.05) is 121 Å². The summed E-state index contributed by atoms with van der Waals surface area (Å²) in [6.45, 7) is 0. The Hall–Kier alpha value is -8.08. The Morgan fingerprint density at radius 3 is 1.27 bits per heavy atom. The molecule has 0 unspecified atom stereocenters. The van der Waals surface area contributed by atoms with Crippen LogP contribution in [0.2, 0.25) is 0 Å². The molecule has 4 heteroatoms. The predicted molar refractivity (Wildman–Crippen MR) is 254 cm³/mol. The van der Waals surface area contributed by atoms with E-state index in [4.69, 9.17) is 4.42 Å². The van der Waals surface area contributed by atoms with Crippen molar-refractivity contribution in [2.24, 2.45) is 0 Å². The molecule has 0 radical (unpaired) electrons. The first kappa shape index (κ1) is 31.7. The smallest absolute Gasteiger partial charge is 0.175 e. The minimum Gasteiger partial charge on any atom is -0.456 e. The number of Topliss-reactive ketones (excluding diaryl/α,β-unsaturated/α-hetero) is 2. The summed E-state index contributed by atoms with van der Waals surface area (Å²) in [7, 11) is 0. The van der Waals surface area contributed by atoms with E-state index in [0.29, 0.717) is 23.2 Å². The second-order valence-electron chi connectivity index (χ2n) is 18.3. The van der Waals surface area contributed by atoms with Gasteiger partial charge < -0.3 is 8.82 Å². The van der Waals surface area contributed by atoms with Crippen LogP contribution in [0.15, 0.2) is 180 Å². The van der Waals surface area contributed by atoms with Crippen molar-refractivity contribution >= 4 is 71.6 Å². The Morgan fingerprint density at radius 2 is 0.781 bits per heavy atom. The minimum absolute atomic E-state index is 0.0106. The van der Waals surface area contributed by atoms with E-state index in [1.807, 2.05) is 84.9 Å². The SMILES string of the molecule is [2H]c1c2c(cc3c1c1cc(-c4ccc5oc6ccccc6c5c4)cc4c5c([2H])c6c(cc5n3c14)C(=O)C1c3ccccc3C6c3ccccc31)C(=O)C1c3ccccc3C2c2ccccc21. The molecule has 0 N–H and O–H groups in total. The van der Waals surface area contributed by atoms with E-state index in [9.17, 15) is 2.74 Å². The van der Waals surface area contributed by atoms with E-state index in [-0.39, 0.29) is 23.4 Å². The fraction of sp³-hybridized carbons (Fsp3) is 0.0667. The number of carbonyl (C=O) groups excluding carboxylic acids is 2. The third kappa shape index (κ3) is 3.93. The Labute approximate surface area is 368 Å². The van der Waals surface area contributed by atoms with E-state index in [1.54, 1.807) is 0 Å². The van der Waals surface area contributed by atoms with Crippen LogP contribution >= 0.6 is 0 Å². The molecule has 0 aliphatic heterocycles. The largest absolute Gasteiger partial charge is 0.456 e. The molecule has 0 amide bonds. The first-order valence-corrected chi connectivity index (χ1v) is 22.1. The third-order valence-electron chi connectivity index (χ3n) is 15.3. The molecule has 6 aliphatic rings. The van der Waals surface area contributed by atoms with Crippen LogP contribution in [0.25, 0.3) is 71.2 Å². The number of furan rings is 1. The number of para-hydroxylation sites is 1. The van der Waals surface area contributed by atoms with Gasteiger partial charge in [0.2, 0.25) is 0 Å². The molecule has 3 heterocycles. The molecule has 64 heavy (non-hydrogen) atoms. The van der Waals surface area contributed by atoms with Crippen LogP contribution in [0.4, 0.5) is 0 Å². The van der Waals surface area contributed by atoms with Crippen LogP contribution < -0.4 is 0 Å². The average molecular weight is 818 g/mol. The highest BCUT2D eigenvalue weighted by molar-refractivity contribution is 6.26. The number of rotatable bonds is 1. The minimum atomic E-state index is -0.495. The molecule has 296 valence electrons. The highest BCUT2D eigenvalue weighted by Gasteiger charge is 2.45. The number of nitrogens with zero attached hydrogens (tertiary/aromatic N) is 1. The molecule has 4 bridgehead atoms. The van der Waals surface area contributed by atoms with Crippen molar-refractivity contribution in [2.75, 3.05) is 0 Å². The number of hydrogen-bond acceptors (Lipinski definition) is 3. The normalized spacial score (nSPS) is 19.4. The van der Waals surface area contributed by atoms with Gasteiger partial charge in [0.25, 0.3) is 0 Å². The lowest BCUT2D eigenvalue weighted by Crippen LogP contribution is -2.19. The van der Waals surface area contributed by atoms with E-state index in [1.165, 1.54) is 0 Å². The molecule has 0 saturated heterocycles. The number of hydrogen-bond donors (Lipinski definition) is 0. The first-order chi connectivity index (χ1) is 32.4. The highest BCUT2D eigenvalue weighted by Crippen LogP contribution is 2.56. The van der Waals surface area contributed by atoms with Crippen molar-refractivity contribution in [1.82, 2.24) is 4.40 Å². The van der Waals surface area contributed by atoms with Gasteiger partial charge in [0.05, 0.1) is 31.1 Å². The second kappa shape index (κ2) is 11.5. The van der Waals surface area contributed by atoms with Gasteiger partial charge in [0.1, 0.15) is 11.2 Å². The molecule has 12 aromatic rings. The zero-order chi connectivity index (χ0) is 43.4. The molecule has 9 aromatic carbocycles. The zero-order valence-corrected chi connectivity index (χ0v) is 34.1. The summed E-state index contributed by atoms with van der Waals surface area (Å²) in [6.07, 6.45) is 0. The molecule has 0 spiro atoms. The predicted octanol–water partition coefficient (Wildman–Crippen LogP) is 14.0. The van der Waals surface area contributed by atoms with Gasteiger partial charge in [-0.15, -0.1) is 0 Å². The van der Waals surface area contributed by atoms with E-state index in [0.717, 1.165) is 127 Å². The number of aromatic nitrogens is 1. The van der Waals surface area contributed by atoms with Gasteiger partial charge >= 0.3 is 0 Å².